The highest BCUT2D eigenvalue weighted by atomic mass is 14.9. The maximum absolute atomic E-state index is 3.66. The summed E-state index contributed by atoms with van der Waals surface area (Å²) in [4.78, 5) is 0. The zero-order chi connectivity index (χ0) is 14.3. The normalized spacial score (nSPS) is 12.1. The lowest BCUT2D eigenvalue weighted by Crippen LogP contribution is -2.37. The predicted octanol–water partition coefficient (Wildman–Crippen LogP) is 4.59. The van der Waals surface area contributed by atoms with E-state index < -0.39 is 0 Å². The van der Waals surface area contributed by atoms with Gasteiger partial charge in [0.1, 0.15) is 0 Å². The van der Waals surface area contributed by atoms with E-state index in [1.807, 2.05) is 0 Å². The topological polar surface area (TPSA) is 12.0 Å². The lowest BCUT2D eigenvalue weighted by atomic mass is 9.76. The molecule has 1 rings (SSSR count). The quantitative estimate of drug-likeness (QED) is 0.721. The van der Waals surface area contributed by atoms with Crippen LogP contribution >= 0.6 is 0 Å². The second-order valence-electron chi connectivity index (χ2n) is 6.39. The molecule has 1 N–H and O–H groups in total. The molecule has 0 heterocycles. The van der Waals surface area contributed by atoms with Crippen LogP contribution in [0.25, 0.3) is 0 Å². The van der Waals surface area contributed by atoms with Gasteiger partial charge in [0.15, 0.2) is 0 Å². The summed E-state index contributed by atoms with van der Waals surface area (Å²) < 4.78 is 0. The number of hydrogen-bond donors (Lipinski definition) is 1. The van der Waals surface area contributed by atoms with E-state index in [1.165, 1.54) is 30.4 Å². The molecule has 0 fully saturated rings. The third-order valence-electron chi connectivity index (χ3n) is 4.25. The number of hydrogen-bond acceptors (Lipinski definition) is 1. The monoisotopic (exact) mass is 261 g/mol. The van der Waals surface area contributed by atoms with Gasteiger partial charge in [-0.2, -0.15) is 0 Å². The fraction of sp³-hybridized carbons (Fsp3) is 0.667. The van der Waals surface area contributed by atoms with Crippen LogP contribution in [0.2, 0.25) is 0 Å². The van der Waals surface area contributed by atoms with E-state index in [1.54, 1.807) is 0 Å². The Morgan fingerprint density at radius 3 is 2.11 bits per heavy atom. The average molecular weight is 261 g/mol. The molecule has 1 heteroatoms. The van der Waals surface area contributed by atoms with Crippen LogP contribution in [0.3, 0.4) is 0 Å². The third-order valence-corrected chi connectivity index (χ3v) is 4.25. The molecule has 1 aromatic rings. The maximum Gasteiger partial charge on any atom is 0.00109 e. The molecule has 0 bridgehead atoms. The van der Waals surface area contributed by atoms with Gasteiger partial charge in [-0.25, -0.2) is 0 Å². The Morgan fingerprint density at radius 1 is 1.05 bits per heavy atom. The van der Waals surface area contributed by atoms with E-state index in [2.05, 4.69) is 64.2 Å². The molecule has 0 saturated carbocycles. The summed E-state index contributed by atoms with van der Waals surface area (Å²) in [6, 6.07) is 9.04. The molecule has 0 radical (unpaired) electrons. The van der Waals surface area contributed by atoms with Gasteiger partial charge in [0.05, 0.1) is 0 Å². The second-order valence-corrected chi connectivity index (χ2v) is 6.39. The number of nitrogens with one attached hydrogen (secondary N) is 1. The van der Waals surface area contributed by atoms with E-state index in [9.17, 15) is 0 Å². The van der Waals surface area contributed by atoms with E-state index >= 15 is 0 Å². The first-order valence-corrected chi connectivity index (χ1v) is 7.77. The molecule has 1 nitrogen and oxygen atoms in total. The summed E-state index contributed by atoms with van der Waals surface area (Å²) >= 11 is 0. The van der Waals surface area contributed by atoms with E-state index in [4.69, 9.17) is 0 Å². The molecule has 108 valence electrons. The van der Waals surface area contributed by atoms with Crippen LogP contribution in [0, 0.1) is 18.3 Å². The molecule has 0 spiro atoms. The highest BCUT2D eigenvalue weighted by molar-refractivity contribution is 5.22. The van der Waals surface area contributed by atoms with Crippen molar-refractivity contribution in [2.45, 2.75) is 53.9 Å². The molecular formula is C18H31N. The van der Waals surface area contributed by atoms with Gasteiger partial charge >= 0.3 is 0 Å². The first-order valence-electron chi connectivity index (χ1n) is 7.77. The fourth-order valence-corrected chi connectivity index (χ4v) is 2.58. The molecular weight excluding hydrogens is 230 g/mol. The van der Waals surface area contributed by atoms with Gasteiger partial charge in [0, 0.05) is 6.54 Å². The van der Waals surface area contributed by atoms with Crippen molar-refractivity contribution in [1.82, 2.24) is 5.32 Å². The molecule has 1 aromatic carbocycles. The minimum Gasteiger partial charge on any atom is -0.316 e. The summed E-state index contributed by atoms with van der Waals surface area (Å²) in [6.07, 6.45) is 3.66. The Balaban J connectivity index is 2.66. The summed E-state index contributed by atoms with van der Waals surface area (Å²) in [5.41, 5.74) is 3.23. The first kappa shape index (κ1) is 16.2. The van der Waals surface area contributed by atoms with Gasteiger partial charge in [-0.3, -0.25) is 0 Å². The Kier molecular flexibility index (Phi) is 6.57. The molecule has 0 unspecified atom stereocenters. The van der Waals surface area contributed by atoms with Crippen molar-refractivity contribution in [1.29, 1.82) is 0 Å². The molecule has 0 aromatic heterocycles. The number of benzene rings is 1. The van der Waals surface area contributed by atoms with Crippen LogP contribution in [-0.2, 0) is 6.42 Å². The van der Waals surface area contributed by atoms with Crippen LogP contribution in [0.15, 0.2) is 24.3 Å². The first-order chi connectivity index (χ1) is 9.01. The Bertz CT molecular complexity index is 346. The molecule has 0 aliphatic carbocycles. The molecule has 0 amide bonds. The van der Waals surface area contributed by atoms with Crippen molar-refractivity contribution in [2.24, 2.45) is 11.3 Å². The molecule has 0 aliphatic heterocycles. The zero-order valence-electron chi connectivity index (χ0n) is 13.4. The number of rotatable bonds is 8. The molecule has 19 heavy (non-hydrogen) atoms. The summed E-state index contributed by atoms with van der Waals surface area (Å²) in [5, 5.41) is 3.66. The van der Waals surface area contributed by atoms with Crippen molar-refractivity contribution < 1.29 is 0 Å². The van der Waals surface area contributed by atoms with E-state index in [0.29, 0.717) is 5.41 Å². The molecule has 0 atom stereocenters. The van der Waals surface area contributed by atoms with Gasteiger partial charge in [0.25, 0.3) is 0 Å². The van der Waals surface area contributed by atoms with Crippen LogP contribution in [-0.4, -0.2) is 13.1 Å². The van der Waals surface area contributed by atoms with E-state index in [0.717, 1.165) is 19.0 Å². The zero-order valence-corrected chi connectivity index (χ0v) is 13.4. The largest absolute Gasteiger partial charge is 0.316 e. The lowest BCUT2D eigenvalue weighted by molar-refractivity contribution is 0.243. The fourth-order valence-electron chi connectivity index (χ4n) is 2.58. The standard InChI is InChI=1S/C18H31N/c1-6-18(7-2,14-19-13-15(3)4)12-17-10-8-16(5)9-11-17/h8-11,15,19H,6-7,12-14H2,1-5H3. The second kappa shape index (κ2) is 7.69. The van der Waals surface area contributed by atoms with Crippen molar-refractivity contribution in [3.05, 3.63) is 35.4 Å². The average Bonchev–Trinajstić information content (AvgIpc) is 2.40. The molecule has 0 saturated heterocycles. The molecule has 0 aliphatic rings. The van der Waals surface area contributed by atoms with Gasteiger partial charge in [-0.1, -0.05) is 57.5 Å². The third kappa shape index (κ3) is 5.36. The summed E-state index contributed by atoms with van der Waals surface area (Å²) in [7, 11) is 0. The minimum atomic E-state index is 0.407. The minimum absolute atomic E-state index is 0.407. The van der Waals surface area contributed by atoms with Crippen LogP contribution in [0.5, 0.6) is 0 Å². The SMILES string of the molecule is CCC(CC)(CNCC(C)C)Cc1ccc(C)cc1. The maximum atomic E-state index is 3.66. The van der Waals surface area contributed by atoms with Crippen LogP contribution in [0.1, 0.15) is 51.7 Å². The summed E-state index contributed by atoms with van der Waals surface area (Å²) in [6.45, 7) is 13.6. The smallest absolute Gasteiger partial charge is 0.00109 e. The Labute approximate surface area is 119 Å². The van der Waals surface area contributed by atoms with Crippen LogP contribution in [0.4, 0.5) is 0 Å². The summed E-state index contributed by atoms with van der Waals surface area (Å²) in [5.74, 6) is 0.728. The van der Waals surface area contributed by atoms with Crippen molar-refractivity contribution in [3.8, 4) is 0 Å². The van der Waals surface area contributed by atoms with E-state index in [-0.39, 0.29) is 0 Å². The van der Waals surface area contributed by atoms with Gasteiger partial charge in [0.2, 0.25) is 0 Å². The Morgan fingerprint density at radius 2 is 1.63 bits per heavy atom. The van der Waals surface area contributed by atoms with Crippen molar-refractivity contribution >= 4 is 0 Å². The Hall–Kier alpha value is -0.820. The highest BCUT2D eigenvalue weighted by Gasteiger charge is 2.26. The highest BCUT2D eigenvalue weighted by Crippen LogP contribution is 2.30. The van der Waals surface area contributed by atoms with Gasteiger partial charge in [-0.05, 0) is 49.6 Å². The van der Waals surface area contributed by atoms with Crippen molar-refractivity contribution in [3.63, 3.8) is 0 Å². The van der Waals surface area contributed by atoms with Crippen LogP contribution < -0.4 is 5.32 Å². The van der Waals surface area contributed by atoms with Crippen molar-refractivity contribution in [2.75, 3.05) is 13.1 Å². The van der Waals surface area contributed by atoms with Gasteiger partial charge < -0.3 is 5.32 Å². The van der Waals surface area contributed by atoms with Gasteiger partial charge in [-0.15, -0.1) is 0 Å². The predicted molar refractivity (Wildman–Crippen MR) is 85.6 cm³/mol. The lowest BCUT2D eigenvalue weighted by Gasteiger charge is -2.33. The number of aryl methyl sites for hydroxylation is 1.